The molecule has 1 aliphatic carbocycles. The maximum absolute atomic E-state index is 11.9. The summed E-state index contributed by atoms with van der Waals surface area (Å²) in [5.74, 6) is 0.744. The number of hydrogen-bond acceptors (Lipinski definition) is 4. The van der Waals surface area contributed by atoms with E-state index >= 15 is 0 Å². The molecule has 2 N–H and O–H groups in total. The zero-order valence-electron chi connectivity index (χ0n) is 18.6. The average Bonchev–Trinajstić information content (AvgIpc) is 3.17. The van der Waals surface area contributed by atoms with E-state index in [4.69, 9.17) is 4.74 Å². The summed E-state index contributed by atoms with van der Waals surface area (Å²) in [4.78, 5) is 20.5. The highest BCUT2D eigenvalue weighted by Gasteiger charge is 2.22. The van der Waals surface area contributed by atoms with Crippen molar-refractivity contribution in [3.63, 3.8) is 0 Å². The summed E-state index contributed by atoms with van der Waals surface area (Å²) in [6.07, 6.45) is 10.3. The third-order valence-electron chi connectivity index (χ3n) is 5.80. The average molecular weight is 524 g/mol. The van der Waals surface area contributed by atoms with E-state index in [1.165, 1.54) is 51.5 Å². The fraction of sp³-hybridized carbons (Fsp3) is 0.905. The fourth-order valence-corrected chi connectivity index (χ4v) is 3.98. The fourth-order valence-electron chi connectivity index (χ4n) is 3.98. The first-order chi connectivity index (χ1) is 13.6. The number of likely N-dealkylation sites (tertiary alicyclic amines) is 1. The molecule has 1 atom stereocenters. The molecule has 1 unspecified atom stereocenters. The molecule has 1 saturated carbocycles. The van der Waals surface area contributed by atoms with E-state index in [0.29, 0.717) is 12.1 Å². The van der Waals surface area contributed by atoms with Crippen LogP contribution in [-0.2, 0) is 9.53 Å². The quantitative estimate of drug-likeness (QED) is 0.199. The minimum Gasteiger partial charge on any atom is -0.378 e. The largest absolute Gasteiger partial charge is 0.378 e. The summed E-state index contributed by atoms with van der Waals surface area (Å²) in [6.45, 7) is 7.11. The summed E-state index contributed by atoms with van der Waals surface area (Å²) in [6, 6.07) is 0.552. The Labute approximate surface area is 194 Å². The molecule has 2 aliphatic rings. The van der Waals surface area contributed by atoms with Crippen LogP contribution >= 0.6 is 24.0 Å². The molecule has 1 heterocycles. The van der Waals surface area contributed by atoms with E-state index in [0.717, 1.165) is 38.6 Å². The van der Waals surface area contributed by atoms with Crippen LogP contribution in [0.4, 0.5) is 0 Å². The molecule has 0 spiro atoms. The number of hydrogen-bond donors (Lipinski definition) is 2. The van der Waals surface area contributed by atoms with Gasteiger partial charge in [0.05, 0.1) is 6.10 Å². The Kier molecular flexibility index (Phi) is 13.9. The number of carbonyl (C=O) groups excluding carboxylic acids is 1. The first kappa shape index (κ1) is 26.4. The monoisotopic (exact) mass is 523 g/mol. The van der Waals surface area contributed by atoms with E-state index in [1.54, 1.807) is 19.0 Å². The molecule has 0 aromatic rings. The number of ether oxygens (including phenoxy) is 1. The van der Waals surface area contributed by atoms with Gasteiger partial charge in [0.1, 0.15) is 6.54 Å². The SMILES string of the molecule is CCN1CCCC1CNC(=NCC(=O)N(C)C)NCCCOC1CCCCC1.I. The predicted molar refractivity (Wildman–Crippen MR) is 130 cm³/mol. The number of nitrogens with one attached hydrogen (secondary N) is 2. The molecule has 8 heteroatoms. The van der Waals surface area contributed by atoms with Crippen LogP contribution in [0.3, 0.4) is 0 Å². The molecule has 0 aromatic carbocycles. The Hall–Kier alpha value is -0.610. The minimum absolute atomic E-state index is 0. The molecular weight excluding hydrogens is 481 g/mol. The van der Waals surface area contributed by atoms with Crippen molar-refractivity contribution < 1.29 is 9.53 Å². The number of likely N-dealkylation sites (N-methyl/N-ethyl adjacent to an activating group) is 2. The van der Waals surface area contributed by atoms with Gasteiger partial charge < -0.3 is 20.3 Å². The van der Waals surface area contributed by atoms with Crippen LogP contribution in [0.1, 0.15) is 58.3 Å². The zero-order chi connectivity index (χ0) is 20.2. The Morgan fingerprint density at radius 3 is 2.59 bits per heavy atom. The van der Waals surface area contributed by atoms with Gasteiger partial charge in [-0.3, -0.25) is 9.69 Å². The highest BCUT2D eigenvalue weighted by molar-refractivity contribution is 14.0. The van der Waals surface area contributed by atoms with Crippen molar-refractivity contribution in [3.05, 3.63) is 0 Å². The van der Waals surface area contributed by atoms with Crippen molar-refractivity contribution in [1.82, 2.24) is 20.4 Å². The van der Waals surface area contributed by atoms with Gasteiger partial charge in [0, 0.05) is 39.8 Å². The van der Waals surface area contributed by atoms with Gasteiger partial charge in [-0.2, -0.15) is 0 Å². The predicted octanol–water partition coefficient (Wildman–Crippen LogP) is 2.45. The van der Waals surface area contributed by atoms with Crippen molar-refractivity contribution in [2.75, 3.05) is 53.4 Å². The second-order valence-corrected chi connectivity index (χ2v) is 8.17. The molecule has 0 bridgehead atoms. The standard InChI is InChI=1S/C21H41N5O2.HI/c1-4-26-14-8-10-18(26)16-23-21(24-17-20(27)25(2)3)22-13-9-15-28-19-11-6-5-7-12-19;/h18-19H,4-17H2,1-3H3,(H2,22,23,24);1H. The van der Waals surface area contributed by atoms with Crippen molar-refractivity contribution >= 4 is 35.8 Å². The molecule has 2 fully saturated rings. The van der Waals surface area contributed by atoms with Crippen LogP contribution in [0, 0.1) is 0 Å². The lowest BCUT2D eigenvalue weighted by Gasteiger charge is -2.24. The Morgan fingerprint density at radius 2 is 1.90 bits per heavy atom. The molecule has 0 aromatic heterocycles. The van der Waals surface area contributed by atoms with Gasteiger partial charge in [-0.25, -0.2) is 4.99 Å². The molecule has 2 rings (SSSR count). The summed E-state index contributed by atoms with van der Waals surface area (Å²) in [5, 5.41) is 6.82. The smallest absolute Gasteiger partial charge is 0.243 e. The highest BCUT2D eigenvalue weighted by atomic mass is 127. The van der Waals surface area contributed by atoms with Crippen LogP contribution < -0.4 is 10.6 Å². The second-order valence-electron chi connectivity index (χ2n) is 8.17. The van der Waals surface area contributed by atoms with Gasteiger partial charge in [0.2, 0.25) is 5.91 Å². The van der Waals surface area contributed by atoms with Crippen LogP contribution in [0.15, 0.2) is 4.99 Å². The topological polar surface area (TPSA) is 69.2 Å². The number of rotatable bonds is 10. The van der Waals surface area contributed by atoms with Gasteiger partial charge in [0.15, 0.2) is 5.96 Å². The maximum atomic E-state index is 11.9. The lowest BCUT2D eigenvalue weighted by atomic mass is 9.98. The minimum atomic E-state index is 0. The van der Waals surface area contributed by atoms with Crippen molar-refractivity contribution in [1.29, 1.82) is 0 Å². The van der Waals surface area contributed by atoms with E-state index in [1.807, 2.05) is 0 Å². The summed E-state index contributed by atoms with van der Waals surface area (Å²) in [5.41, 5.74) is 0. The van der Waals surface area contributed by atoms with E-state index < -0.39 is 0 Å². The third-order valence-corrected chi connectivity index (χ3v) is 5.80. The molecule has 29 heavy (non-hydrogen) atoms. The Balaban J connectivity index is 0.00000420. The van der Waals surface area contributed by atoms with Gasteiger partial charge in [-0.1, -0.05) is 26.2 Å². The molecule has 170 valence electrons. The van der Waals surface area contributed by atoms with Gasteiger partial charge in [0.25, 0.3) is 0 Å². The van der Waals surface area contributed by atoms with Crippen LogP contribution in [0.25, 0.3) is 0 Å². The number of aliphatic imine (C=N–C) groups is 1. The van der Waals surface area contributed by atoms with Gasteiger partial charge in [-0.05, 0) is 45.2 Å². The van der Waals surface area contributed by atoms with Crippen LogP contribution in [-0.4, -0.2) is 87.2 Å². The zero-order valence-corrected chi connectivity index (χ0v) is 21.0. The van der Waals surface area contributed by atoms with E-state index in [9.17, 15) is 4.79 Å². The molecule has 0 radical (unpaired) electrons. The highest BCUT2D eigenvalue weighted by Crippen LogP contribution is 2.20. The first-order valence-corrected chi connectivity index (χ1v) is 11.2. The number of nitrogens with zero attached hydrogens (tertiary/aromatic N) is 3. The van der Waals surface area contributed by atoms with Gasteiger partial charge in [-0.15, -0.1) is 24.0 Å². The summed E-state index contributed by atoms with van der Waals surface area (Å²) >= 11 is 0. The number of amides is 1. The molecule has 1 aliphatic heterocycles. The number of carbonyl (C=O) groups is 1. The molecule has 1 amide bonds. The van der Waals surface area contributed by atoms with Crippen molar-refractivity contribution in [2.24, 2.45) is 4.99 Å². The van der Waals surface area contributed by atoms with Crippen LogP contribution in [0.2, 0.25) is 0 Å². The normalized spacial score (nSPS) is 20.9. The summed E-state index contributed by atoms with van der Waals surface area (Å²) < 4.78 is 6.00. The van der Waals surface area contributed by atoms with E-state index in [2.05, 4.69) is 27.4 Å². The molecule has 7 nitrogen and oxygen atoms in total. The third kappa shape index (κ3) is 10.3. The summed E-state index contributed by atoms with van der Waals surface area (Å²) in [7, 11) is 3.53. The van der Waals surface area contributed by atoms with E-state index in [-0.39, 0.29) is 36.4 Å². The number of guanidine groups is 1. The van der Waals surface area contributed by atoms with Crippen molar-refractivity contribution in [3.8, 4) is 0 Å². The lowest BCUT2D eigenvalue weighted by molar-refractivity contribution is -0.127. The van der Waals surface area contributed by atoms with Gasteiger partial charge >= 0.3 is 0 Å². The molecule has 1 saturated heterocycles. The van der Waals surface area contributed by atoms with Crippen molar-refractivity contribution in [2.45, 2.75) is 70.4 Å². The first-order valence-electron chi connectivity index (χ1n) is 11.2. The maximum Gasteiger partial charge on any atom is 0.243 e. The Morgan fingerprint density at radius 1 is 1.14 bits per heavy atom. The second kappa shape index (κ2) is 15.2. The number of halogens is 1. The molecular formula is C21H42IN5O2. The van der Waals surface area contributed by atoms with Crippen LogP contribution in [0.5, 0.6) is 0 Å². The lowest BCUT2D eigenvalue weighted by Crippen LogP contribution is -2.45. The Bertz CT molecular complexity index is 484.